The molecule has 0 spiro atoms. The van der Waals surface area contributed by atoms with Crippen molar-refractivity contribution in [2.75, 3.05) is 0 Å². The number of carbonyl (C=O) groups excluding carboxylic acids is 1. The summed E-state index contributed by atoms with van der Waals surface area (Å²) in [5.41, 5.74) is 1.16. The van der Waals surface area contributed by atoms with Crippen LogP contribution in [0.25, 0.3) is 11.0 Å². The number of carbonyl (C=O) groups is 1. The molecule has 0 unspecified atom stereocenters. The monoisotopic (exact) mass is 314 g/mol. The molecule has 3 aromatic rings. The number of amides is 1. The summed E-state index contributed by atoms with van der Waals surface area (Å²) in [6, 6.07) is 5.18. The van der Waals surface area contributed by atoms with Gasteiger partial charge >= 0.3 is 0 Å². The predicted octanol–water partition coefficient (Wildman–Crippen LogP) is 1.52. The molecule has 0 saturated heterocycles. The number of hydrogen-bond acceptors (Lipinski definition) is 4. The molecule has 0 saturated carbocycles. The lowest BCUT2D eigenvalue weighted by molar-refractivity contribution is 0.0940. The van der Waals surface area contributed by atoms with E-state index in [4.69, 9.17) is 4.42 Å². The summed E-state index contributed by atoms with van der Waals surface area (Å²) >= 11 is 0. The Kier molecular flexibility index (Phi) is 3.77. The van der Waals surface area contributed by atoms with Crippen LogP contribution in [0.5, 0.6) is 0 Å². The third-order valence-electron chi connectivity index (χ3n) is 3.65. The second-order valence-electron chi connectivity index (χ2n) is 5.67. The van der Waals surface area contributed by atoms with Gasteiger partial charge in [-0.05, 0) is 32.0 Å². The third kappa shape index (κ3) is 2.90. The number of H-pyrrole nitrogens is 1. The molecule has 0 fully saturated rings. The first kappa shape index (κ1) is 15.1. The van der Waals surface area contributed by atoms with Crippen LogP contribution < -0.4 is 10.9 Å². The Morgan fingerprint density at radius 2 is 2.30 bits per heavy atom. The molecule has 0 aromatic carbocycles. The van der Waals surface area contributed by atoms with Crippen LogP contribution in [0, 0.1) is 6.92 Å². The molecular formula is C16H18N4O3. The van der Waals surface area contributed by atoms with E-state index < -0.39 is 0 Å². The minimum Gasteiger partial charge on any atom is -0.469 e. The van der Waals surface area contributed by atoms with E-state index in [-0.39, 0.29) is 17.5 Å². The van der Waals surface area contributed by atoms with Crippen LogP contribution >= 0.6 is 0 Å². The van der Waals surface area contributed by atoms with Crippen molar-refractivity contribution in [2.45, 2.75) is 26.3 Å². The molecule has 3 aromatic heterocycles. The normalized spacial score (nSPS) is 12.5. The molecular weight excluding hydrogens is 296 g/mol. The van der Waals surface area contributed by atoms with Gasteiger partial charge in [-0.2, -0.15) is 0 Å². The zero-order chi connectivity index (χ0) is 16.6. The Morgan fingerprint density at radius 3 is 3.00 bits per heavy atom. The molecule has 2 N–H and O–H groups in total. The summed E-state index contributed by atoms with van der Waals surface area (Å²) in [6.07, 6.45) is 2.18. The second kappa shape index (κ2) is 5.75. The van der Waals surface area contributed by atoms with Gasteiger partial charge in [-0.3, -0.25) is 19.4 Å². The quantitative estimate of drug-likeness (QED) is 0.763. The van der Waals surface area contributed by atoms with Crippen molar-refractivity contribution in [3.63, 3.8) is 0 Å². The van der Waals surface area contributed by atoms with E-state index in [1.807, 2.05) is 19.1 Å². The largest absolute Gasteiger partial charge is 0.469 e. The number of aromatic amines is 1. The summed E-state index contributed by atoms with van der Waals surface area (Å²) in [7, 11) is 1.69. The van der Waals surface area contributed by atoms with Crippen LogP contribution in [0.3, 0.4) is 0 Å². The third-order valence-corrected chi connectivity index (χ3v) is 3.65. The second-order valence-corrected chi connectivity index (χ2v) is 5.67. The lowest BCUT2D eigenvalue weighted by atomic mass is 10.1. The fourth-order valence-electron chi connectivity index (χ4n) is 2.65. The van der Waals surface area contributed by atoms with Gasteiger partial charge in [0.15, 0.2) is 5.65 Å². The van der Waals surface area contributed by atoms with Crippen LogP contribution in [0.1, 0.15) is 28.7 Å². The molecule has 7 nitrogen and oxygen atoms in total. The number of aryl methyl sites for hydroxylation is 2. The first-order chi connectivity index (χ1) is 11.0. The van der Waals surface area contributed by atoms with E-state index in [9.17, 15) is 9.59 Å². The Morgan fingerprint density at radius 1 is 1.52 bits per heavy atom. The first-order valence-corrected chi connectivity index (χ1v) is 7.35. The average Bonchev–Trinajstić information content (AvgIpc) is 3.07. The van der Waals surface area contributed by atoms with Gasteiger partial charge in [-0.1, -0.05) is 0 Å². The zero-order valence-corrected chi connectivity index (χ0v) is 13.2. The maximum Gasteiger partial charge on any atom is 0.274 e. The van der Waals surface area contributed by atoms with Gasteiger partial charge in [-0.25, -0.2) is 4.98 Å². The SMILES string of the molecule is Cc1cc(C(=O)N[C@@H](C)Cc2ccco2)c2c(=O)[nH]n(C)c2n1. The standard InChI is InChI=1S/C16H18N4O3/c1-9(7-11-5-4-6-23-11)18-15(21)12-8-10(2)17-14-13(12)16(22)19-20(14)3/h4-6,8-9H,7H2,1-3H3,(H,18,21)(H,19,22)/t9-/m0/s1. The topological polar surface area (TPSA) is 92.9 Å². The molecule has 0 aliphatic carbocycles. The number of nitrogens with zero attached hydrogens (tertiary/aromatic N) is 2. The van der Waals surface area contributed by atoms with Crippen molar-refractivity contribution in [2.24, 2.45) is 7.05 Å². The van der Waals surface area contributed by atoms with Gasteiger partial charge in [0.1, 0.15) is 5.76 Å². The molecule has 120 valence electrons. The van der Waals surface area contributed by atoms with Gasteiger partial charge in [0.25, 0.3) is 11.5 Å². The highest BCUT2D eigenvalue weighted by Crippen LogP contribution is 2.15. The van der Waals surface area contributed by atoms with Gasteiger partial charge in [0.2, 0.25) is 0 Å². The van der Waals surface area contributed by atoms with Crippen molar-refractivity contribution in [3.8, 4) is 0 Å². The van der Waals surface area contributed by atoms with E-state index in [2.05, 4.69) is 15.4 Å². The summed E-state index contributed by atoms with van der Waals surface area (Å²) in [4.78, 5) is 29.0. The number of nitrogens with one attached hydrogen (secondary N) is 2. The lowest BCUT2D eigenvalue weighted by Gasteiger charge is -2.13. The number of fused-ring (bicyclic) bond motifs is 1. The highest BCUT2D eigenvalue weighted by molar-refractivity contribution is 6.05. The summed E-state index contributed by atoms with van der Waals surface area (Å²) < 4.78 is 6.81. The van der Waals surface area contributed by atoms with Crippen LogP contribution in [0.2, 0.25) is 0 Å². The smallest absolute Gasteiger partial charge is 0.274 e. The number of aromatic nitrogens is 3. The molecule has 1 atom stereocenters. The van der Waals surface area contributed by atoms with Crippen LogP contribution in [-0.2, 0) is 13.5 Å². The van der Waals surface area contributed by atoms with Crippen molar-refractivity contribution in [1.29, 1.82) is 0 Å². The van der Waals surface area contributed by atoms with Crippen molar-refractivity contribution >= 4 is 16.9 Å². The maximum absolute atomic E-state index is 12.6. The minimum atomic E-state index is -0.321. The zero-order valence-electron chi connectivity index (χ0n) is 13.2. The molecule has 23 heavy (non-hydrogen) atoms. The fourth-order valence-corrected chi connectivity index (χ4v) is 2.65. The van der Waals surface area contributed by atoms with E-state index in [0.717, 1.165) is 5.76 Å². The van der Waals surface area contributed by atoms with Gasteiger partial charge < -0.3 is 9.73 Å². The Labute approximate surface area is 132 Å². The van der Waals surface area contributed by atoms with Gasteiger partial charge in [-0.15, -0.1) is 0 Å². The molecule has 1 amide bonds. The van der Waals surface area contributed by atoms with Crippen LogP contribution in [-0.4, -0.2) is 26.7 Å². The van der Waals surface area contributed by atoms with E-state index in [1.165, 1.54) is 4.68 Å². The Balaban J connectivity index is 1.90. The predicted molar refractivity (Wildman–Crippen MR) is 85.4 cm³/mol. The van der Waals surface area contributed by atoms with Gasteiger partial charge in [0.05, 0.1) is 17.2 Å². The highest BCUT2D eigenvalue weighted by Gasteiger charge is 2.19. The van der Waals surface area contributed by atoms with Crippen molar-refractivity contribution < 1.29 is 9.21 Å². The minimum absolute atomic E-state index is 0.125. The summed E-state index contributed by atoms with van der Waals surface area (Å²) in [5, 5.41) is 5.84. The molecule has 0 bridgehead atoms. The molecule has 7 heteroatoms. The number of rotatable bonds is 4. The molecule has 3 heterocycles. The van der Waals surface area contributed by atoms with E-state index >= 15 is 0 Å². The van der Waals surface area contributed by atoms with Crippen molar-refractivity contribution in [3.05, 3.63) is 51.8 Å². The lowest BCUT2D eigenvalue weighted by Crippen LogP contribution is -2.34. The highest BCUT2D eigenvalue weighted by atomic mass is 16.3. The molecule has 0 aliphatic rings. The Bertz CT molecular complexity index is 905. The van der Waals surface area contributed by atoms with Crippen LogP contribution in [0.15, 0.2) is 33.7 Å². The average molecular weight is 314 g/mol. The number of hydrogen-bond donors (Lipinski definition) is 2. The molecule has 0 aliphatic heterocycles. The summed E-state index contributed by atoms with van der Waals surface area (Å²) in [5.74, 6) is 0.502. The Hall–Kier alpha value is -2.83. The van der Waals surface area contributed by atoms with Gasteiger partial charge in [0, 0.05) is 25.2 Å². The number of furan rings is 1. The van der Waals surface area contributed by atoms with Crippen molar-refractivity contribution in [1.82, 2.24) is 20.1 Å². The van der Waals surface area contributed by atoms with Crippen LogP contribution in [0.4, 0.5) is 0 Å². The maximum atomic E-state index is 12.6. The fraction of sp³-hybridized carbons (Fsp3) is 0.312. The molecule has 3 rings (SSSR count). The number of pyridine rings is 1. The molecule has 0 radical (unpaired) electrons. The van der Waals surface area contributed by atoms with E-state index in [1.54, 1.807) is 26.3 Å². The summed E-state index contributed by atoms with van der Waals surface area (Å²) in [6.45, 7) is 3.68. The van der Waals surface area contributed by atoms with E-state index in [0.29, 0.717) is 28.7 Å². The first-order valence-electron chi connectivity index (χ1n) is 7.35.